The highest BCUT2D eigenvalue weighted by atomic mass is 35.5. The van der Waals surface area contributed by atoms with E-state index in [0.29, 0.717) is 24.4 Å². The van der Waals surface area contributed by atoms with Crippen LogP contribution >= 0.6 is 23.2 Å². The maximum atomic E-state index is 11.0. The van der Waals surface area contributed by atoms with Crippen LogP contribution in [0.4, 0.5) is 0 Å². The van der Waals surface area contributed by atoms with Crippen LogP contribution in [-0.2, 0) is 4.79 Å². The van der Waals surface area contributed by atoms with Crippen molar-refractivity contribution < 1.29 is 9.90 Å². The minimum absolute atomic E-state index is 0.576. The molecular weight excluding hydrogens is 237 g/mol. The molecule has 0 aliphatic carbocycles. The normalized spacial score (nSPS) is 22.7. The van der Waals surface area contributed by atoms with Gasteiger partial charge in [0.25, 0.3) is 0 Å². The average Bonchev–Trinajstić information content (AvgIpc) is 2.21. The first-order valence-electron chi connectivity index (χ1n) is 4.88. The van der Waals surface area contributed by atoms with E-state index in [1.165, 1.54) is 5.54 Å². The second-order valence-corrected chi connectivity index (χ2v) is 4.90. The van der Waals surface area contributed by atoms with Crippen LogP contribution in [-0.4, -0.2) is 35.6 Å². The largest absolute Gasteiger partial charge is 0.481 e. The maximum Gasteiger partial charge on any atom is 0.309 e. The molecule has 15 heavy (non-hydrogen) atoms. The van der Waals surface area contributed by atoms with Crippen LogP contribution in [0.2, 0.25) is 0 Å². The van der Waals surface area contributed by atoms with Crippen LogP contribution in [0.3, 0.4) is 0 Å². The first-order chi connectivity index (χ1) is 6.98. The van der Waals surface area contributed by atoms with Crippen molar-refractivity contribution >= 4 is 29.2 Å². The Morgan fingerprint density at radius 2 is 2.07 bits per heavy atom. The number of carbonyl (C=O) groups is 1. The molecule has 0 radical (unpaired) electrons. The summed E-state index contributed by atoms with van der Waals surface area (Å²) in [5.41, 5.74) is 0.778. The Morgan fingerprint density at radius 1 is 1.53 bits per heavy atom. The van der Waals surface area contributed by atoms with Gasteiger partial charge < -0.3 is 5.11 Å². The molecule has 0 spiro atoms. The van der Waals surface area contributed by atoms with E-state index in [2.05, 4.69) is 4.90 Å². The van der Waals surface area contributed by atoms with Crippen LogP contribution in [0, 0.1) is 5.41 Å². The lowest BCUT2D eigenvalue weighted by Crippen LogP contribution is -2.43. The molecule has 1 saturated heterocycles. The van der Waals surface area contributed by atoms with Gasteiger partial charge in [-0.2, -0.15) is 0 Å². The Bertz CT molecular complexity index is 271. The highest BCUT2D eigenvalue weighted by molar-refractivity contribution is 6.36. The summed E-state index contributed by atoms with van der Waals surface area (Å²) in [6.45, 7) is 3.92. The molecule has 1 N–H and O–H groups in total. The lowest BCUT2D eigenvalue weighted by molar-refractivity contribution is -0.150. The molecular formula is C10H15Cl2NO2. The number of halogens is 2. The molecule has 0 aromatic rings. The van der Waals surface area contributed by atoms with E-state index in [4.69, 9.17) is 28.3 Å². The fourth-order valence-corrected chi connectivity index (χ4v) is 1.90. The summed E-state index contributed by atoms with van der Waals surface area (Å²) in [6, 6.07) is 0. The molecule has 1 rings (SSSR count). The average molecular weight is 252 g/mol. The molecule has 0 saturated carbocycles. The van der Waals surface area contributed by atoms with Gasteiger partial charge in [0.1, 0.15) is 0 Å². The molecule has 0 unspecified atom stereocenters. The number of piperidine rings is 1. The van der Waals surface area contributed by atoms with Gasteiger partial charge in [-0.3, -0.25) is 9.69 Å². The Kier molecular flexibility index (Phi) is 4.44. The van der Waals surface area contributed by atoms with E-state index in [9.17, 15) is 4.79 Å². The second-order valence-electron chi connectivity index (χ2n) is 4.20. The van der Waals surface area contributed by atoms with Crippen molar-refractivity contribution in [2.45, 2.75) is 19.8 Å². The monoisotopic (exact) mass is 251 g/mol. The minimum atomic E-state index is -0.707. The molecule has 0 bridgehead atoms. The number of hydrogen-bond acceptors (Lipinski definition) is 2. The molecule has 1 heterocycles. The number of carboxylic acids is 1. The smallest absolute Gasteiger partial charge is 0.309 e. The standard InChI is InChI=1S/C10H15Cl2NO2/c1-10(9(14)15)2-4-13(5-3-10)7-8(12)6-11/h6H,2-5,7H2,1H3,(H,14,15)/b8-6-. The maximum absolute atomic E-state index is 11.0. The zero-order chi connectivity index (χ0) is 11.5. The number of carboxylic acid groups (broad SMARTS) is 1. The summed E-state index contributed by atoms with van der Waals surface area (Å²) < 4.78 is 0. The van der Waals surface area contributed by atoms with Gasteiger partial charge in [-0.05, 0) is 32.9 Å². The summed E-state index contributed by atoms with van der Waals surface area (Å²) in [5.74, 6) is -0.707. The number of rotatable bonds is 3. The zero-order valence-electron chi connectivity index (χ0n) is 8.67. The Morgan fingerprint density at radius 3 is 2.47 bits per heavy atom. The quantitative estimate of drug-likeness (QED) is 0.838. The third-order valence-corrected chi connectivity index (χ3v) is 3.57. The van der Waals surface area contributed by atoms with Gasteiger partial charge in [-0.1, -0.05) is 23.2 Å². The fraction of sp³-hybridized carbons (Fsp3) is 0.700. The molecule has 0 aromatic heterocycles. The summed E-state index contributed by atoms with van der Waals surface area (Å²) in [4.78, 5) is 13.1. The van der Waals surface area contributed by atoms with Crippen LogP contribution in [0.15, 0.2) is 10.6 Å². The molecule has 0 atom stereocenters. The highest BCUT2D eigenvalue weighted by Gasteiger charge is 2.36. The van der Waals surface area contributed by atoms with E-state index < -0.39 is 11.4 Å². The van der Waals surface area contributed by atoms with Gasteiger partial charge in [0.05, 0.1) is 5.41 Å². The van der Waals surface area contributed by atoms with Crippen molar-refractivity contribution in [2.75, 3.05) is 19.6 Å². The number of hydrogen-bond donors (Lipinski definition) is 1. The first kappa shape index (κ1) is 12.8. The van der Waals surface area contributed by atoms with Crippen LogP contribution in [0.5, 0.6) is 0 Å². The molecule has 5 heteroatoms. The van der Waals surface area contributed by atoms with Crippen molar-refractivity contribution in [2.24, 2.45) is 5.41 Å². The summed E-state index contributed by atoms with van der Waals surface area (Å²) >= 11 is 11.3. The third kappa shape index (κ3) is 3.37. The summed E-state index contributed by atoms with van der Waals surface area (Å²) in [7, 11) is 0. The Hall–Kier alpha value is -0.250. The molecule has 3 nitrogen and oxygen atoms in total. The second kappa shape index (κ2) is 5.19. The zero-order valence-corrected chi connectivity index (χ0v) is 10.2. The van der Waals surface area contributed by atoms with E-state index in [1.54, 1.807) is 6.92 Å². The number of aliphatic carboxylic acids is 1. The lowest BCUT2D eigenvalue weighted by Gasteiger charge is -2.36. The lowest BCUT2D eigenvalue weighted by atomic mass is 9.80. The molecule has 0 amide bonds. The summed E-state index contributed by atoms with van der Waals surface area (Å²) in [6.07, 6.45) is 1.32. The van der Waals surface area contributed by atoms with E-state index in [0.717, 1.165) is 13.1 Å². The predicted octanol–water partition coefficient (Wildman–Crippen LogP) is 2.49. The topological polar surface area (TPSA) is 40.5 Å². The predicted molar refractivity (Wildman–Crippen MR) is 61.2 cm³/mol. The van der Waals surface area contributed by atoms with Crippen molar-refractivity contribution in [3.05, 3.63) is 10.6 Å². The Labute approximate surface area is 99.7 Å². The molecule has 1 aliphatic rings. The number of likely N-dealkylation sites (tertiary alicyclic amines) is 1. The van der Waals surface area contributed by atoms with Crippen LogP contribution < -0.4 is 0 Å². The number of nitrogens with zero attached hydrogens (tertiary/aromatic N) is 1. The molecule has 0 aromatic carbocycles. The highest BCUT2D eigenvalue weighted by Crippen LogP contribution is 2.31. The molecule has 86 valence electrons. The van der Waals surface area contributed by atoms with Crippen molar-refractivity contribution in [1.82, 2.24) is 4.90 Å². The first-order valence-corrected chi connectivity index (χ1v) is 5.70. The van der Waals surface area contributed by atoms with Crippen LogP contribution in [0.1, 0.15) is 19.8 Å². The fourth-order valence-electron chi connectivity index (χ4n) is 1.67. The van der Waals surface area contributed by atoms with Gasteiger partial charge in [-0.25, -0.2) is 0 Å². The van der Waals surface area contributed by atoms with Crippen molar-refractivity contribution in [3.8, 4) is 0 Å². The van der Waals surface area contributed by atoms with Gasteiger partial charge in [0.15, 0.2) is 0 Å². The van der Waals surface area contributed by atoms with Gasteiger partial charge in [-0.15, -0.1) is 0 Å². The van der Waals surface area contributed by atoms with Crippen molar-refractivity contribution in [3.63, 3.8) is 0 Å². The summed E-state index contributed by atoms with van der Waals surface area (Å²) in [5, 5.41) is 9.63. The van der Waals surface area contributed by atoms with E-state index in [-0.39, 0.29) is 0 Å². The minimum Gasteiger partial charge on any atom is -0.481 e. The Balaban J connectivity index is 2.46. The van der Waals surface area contributed by atoms with E-state index in [1.807, 2.05) is 0 Å². The third-order valence-electron chi connectivity index (χ3n) is 2.97. The molecule has 1 fully saturated rings. The van der Waals surface area contributed by atoms with Gasteiger partial charge >= 0.3 is 5.97 Å². The van der Waals surface area contributed by atoms with Gasteiger partial charge in [0.2, 0.25) is 0 Å². The van der Waals surface area contributed by atoms with Gasteiger partial charge in [0, 0.05) is 17.1 Å². The van der Waals surface area contributed by atoms with Crippen molar-refractivity contribution in [1.29, 1.82) is 0 Å². The molecule has 1 aliphatic heterocycles. The van der Waals surface area contributed by atoms with Crippen LogP contribution in [0.25, 0.3) is 0 Å². The van der Waals surface area contributed by atoms with E-state index >= 15 is 0 Å². The SMILES string of the molecule is CC1(C(=O)O)CCN(C/C(Cl)=C/Cl)CC1.